The first-order chi connectivity index (χ1) is 23.5. The number of hydrogen-bond donors (Lipinski definition) is 0. The molecule has 0 fully saturated rings. The highest BCUT2D eigenvalue weighted by molar-refractivity contribution is 5.94. The zero-order valence-electron chi connectivity index (χ0n) is 29.2. The number of benzene rings is 6. The van der Waals surface area contributed by atoms with E-state index in [0.717, 1.165) is 16.7 Å². The van der Waals surface area contributed by atoms with Gasteiger partial charge in [0.1, 0.15) is 22.8 Å². The molecular formula is C46H44O3. The molecular weight excluding hydrogens is 601 g/mol. The molecule has 6 aromatic carbocycles. The Morgan fingerprint density at radius 1 is 0.408 bits per heavy atom. The second-order valence-electron chi connectivity index (χ2n) is 14.2. The van der Waals surface area contributed by atoms with Crippen LogP contribution in [-0.2, 0) is 16.2 Å². The lowest BCUT2D eigenvalue weighted by Gasteiger charge is -2.27. The molecule has 0 atom stereocenters. The molecule has 3 nitrogen and oxygen atoms in total. The summed E-state index contributed by atoms with van der Waals surface area (Å²) in [6, 6.07) is 52.9. The van der Waals surface area contributed by atoms with Crippen molar-refractivity contribution >= 4 is 5.97 Å². The van der Waals surface area contributed by atoms with Gasteiger partial charge < -0.3 is 9.47 Å². The van der Waals surface area contributed by atoms with Crippen molar-refractivity contribution in [1.82, 2.24) is 0 Å². The van der Waals surface area contributed by atoms with E-state index in [1.165, 1.54) is 16.7 Å². The van der Waals surface area contributed by atoms with E-state index in [4.69, 9.17) is 9.47 Å². The van der Waals surface area contributed by atoms with Gasteiger partial charge in [-0.1, -0.05) is 163 Å². The summed E-state index contributed by atoms with van der Waals surface area (Å²) in [5.74, 6) is 1.08. The summed E-state index contributed by atoms with van der Waals surface area (Å²) in [5.41, 5.74) is 6.53. The van der Waals surface area contributed by atoms with Gasteiger partial charge in [0.25, 0.3) is 0 Å². The average molecular weight is 645 g/mol. The predicted octanol–water partition coefficient (Wildman–Crippen LogP) is 11.7. The van der Waals surface area contributed by atoms with Crippen LogP contribution in [0, 0.1) is 0 Å². The molecule has 3 heteroatoms. The molecule has 6 rings (SSSR count). The number of esters is 1. The topological polar surface area (TPSA) is 35.5 Å². The van der Waals surface area contributed by atoms with E-state index in [-0.39, 0.29) is 16.2 Å². The minimum Gasteiger partial charge on any atom is -0.456 e. The summed E-state index contributed by atoms with van der Waals surface area (Å²) < 4.78 is 12.4. The summed E-state index contributed by atoms with van der Waals surface area (Å²) in [6.45, 7) is 13.1. The van der Waals surface area contributed by atoms with Gasteiger partial charge in [0, 0.05) is 16.2 Å². The fourth-order valence-electron chi connectivity index (χ4n) is 6.40. The Morgan fingerprint density at radius 3 is 1.18 bits per heavy atom. The maximum atomic E-state index is 14.0. The zero-order chi connectivity index (χ0) is 34.6. The number of ether oxygens (including phenoxy) is 2. The van der Waals surface area contributed by atoms with Gasteiger partial charge in [0.15, 0.2) is 0 Å². The largest absolute Gasteiger partial charge is 0.456 e. The summed E-state index contributed by atoms with van der Waals surface area (Å²) in [7, 11) is 0. The second kappa shape index (κ2) is 13.6. The first-order valence-corrected chi connectivity index (χ1v) is 16.9. The Hall–Kier alpha value is -5.41. The smallest absolute Gasteiger partial charge is 0.347 e. The fraction of sp³-hybridized carbons (Fsp3) is 0.196. The van der Waals surface area contributed by atoms with E-state index in [2.05, 4.69) is 114 Å². The number of carbonyl (C=O) groups excluding carboxylic acids is 1. The van der Waals surface area contributed by atoms with Crippen LogP contribution < -0.4 is 9.47 Å². The van der Waals surface area contributed by atoms with Crippen molar-refractivity contribution in [3.05, 3.63) is 197 Å². The lowest BCUT2D eigenvalue weighted by Crippen LogP contribution is -2.20. The molecule has 0 saturated heterocycles. The minimum absolute atomic E-state index is 0.175. The van der Waals surface area contributed by atoms with Gasteiger partial charge in [-0.15, -0.1) is 0 Å². The van der Waals surface area contributed by atoms with E-state index in [1.807, 2.05) is 84.9 Å². The average Bonchev–Trinajstić information content (AvgIpc) is 3.13. The van der Waals surface area contributed by atoms with Crippen molar-refractivity contribution in [1.29, 1.82) is 0 Å². The highest BCUT2D eigenvalue weighted by atomic mass is 16.5. The van der Waals surface area contributed by atoms with Gasteiger partial charge >= 0.3 is 5.97 Å². The summed E-state index contributed by atoms with van der Waals surface area (Å²) >= 11 is 0. The standard InChI is InChI=1S/C46H44O3/c1-44(2,33-16-10-7-11-17-33)36-22-27-39(28-23-36)48-42-31-26-38(46(5,6)35-20-14-9-15-21-35)32-41(42)43(47)49-40-29-24-37(25-30-40)45(3,4)34-18-12-8-13-19-34/h7-32H,1-6H3. The van der Waals surface area contributed by atoms with E-state index < -0.39 is 5.97 Å². The van der Waals surface area contributed by atoms with Crippen molar-refractivity contribution in [2.45, 2.75) is 57.8 Å². The molecule has 0 spiro atoms. The molecule has 246 valence electrons. The molecule has 0 unspecified atom stereocenters. The van der Waals surface area contributed by atoms with E-state index in [9.17, 15) is 4.79 Å². The third-order valence-corrected chi connectivity index (χ3v) is 10.00. The second-order valence-corrected chi connectivity index (χ2v) is 14.2. The van der Waals surface area contributed by atoms with Gasteiger partial charge in [-0.25, -0.2) is 4.79 Å². The quantitative estimate of drug-likeness (QED) is 0.110. The highest BCUT2D eigenvalue weighted by Crippen LogP contribution is 2.38. The van der Waals surface area contributed by atoms with E-state index >= 15 is 0 Å². The monoisotopic (exact) mass is 644 g/mol. The van der Waals surface area contributed by atoms with Crippen molar-refractivity contribution in [2.24, 2.45) is 0 Å². The third-order valence-electron chi connectivity index (χ3n) is 10.00. The van der Waals surface area contributed by atoms with Crippen LogP contribution in [0.5, 0.6) is 17.2 Å². The maximum Gasteiger partial charge on any atom is 0.347 e. The Bertz CT molecular complexity index is 2010. The first kappa shape index (κ1) is 33.5. The van der Waals surface area contributed by atoms with Crippen LogP contribution in [0.2, 0.25) is 0 Å². The van der Waals surface area contributed by atoms with Crippen LogP contribution in [0.1, 0.15) is 85.3 Å². The maximum absolute atomic E-state index is 14.0. The van der Waals surface area contributed by atoms with Gasteiger partial charge in [-0.2, -0.15) is 0 Å². The van der Waals surface area contributed by atoms with E-state index in [0.29, 0.717) is 22.8 Å². The minimum atomic E-state index is -0.474. The molecule has 0 amide bonds. The van der Waals surface area contributed by atoms with Gasteiger partial charge in [-0.05, 0) is 69.8 Å². The summed E-state index contributed by atoms with van der Waals surface area (Å²) in [6.07, 6.45) is 0. The Kier molecular flexibility index (Phi) is 9.30. The Morgan fingerprint density at radius 2 is 0.755 bits per heavy atom. The zero-order valence-corrected chi connectivity index (χ0v) is 29.2. The SMILES string of the molecule is CC(C)(c1ccccc1)c1ccc(OC(=O)c2cc(C(C)(C)c3ccccc3)ccc2Oc2ccc(C(C)(C)c3ccccc3)cc2)cc1. The van der Waals surface area contributed by atoms with Crippen molar-refractivity contribution < 1.29 is 14.3 Å². The van der Waals surface area contributed by atoms with E-state index in [1.54, 1.807) is 0 Å². The third kappa shape index (κ3) is 7.07. The molecule has 49 heavy (non-hydrogen) atoms. The molecule has 0 aromatic heterocycles. The highest BCUT2D eigenvalue weighted by Gasteiger charge is 2.28. The van der Waals surface area contributed by atoms with Crippen molar-refractivity contribution in [3.63, 3.8) is 0 Å². The van der Waals surface area contributed by atoms with Crippen LogP contribution in [0.15, 0.2) is 158 Å². The van der Waals surface area contributed by atoms with Crippen LogP contribution in [-0.4, -0.2) is 5.97 Å². The van der Waals surface area contributed by atoms with Gasteiger partial charge in [-0.3, -0.25) is 0 Å². The number of carbonyl (C=O) groups is 1. The molecule has 0 aliphatic rings. The van der Waals surface area contributed by atoms with Crippen LogP contribution >= 0.6 is 0 Å². The fourth-order valence-corrected chi connectivity index (χ4v) is 6.40. The number of rotatable bonds is 10. The van der Waals surface area contributed by atoms with Crippen LogP contribution in [0.4, 0.5) is 0 Å². The molecule has 0 radical (unpaired) electrons. The predicted molar refractivity (Wildman–Crippen MR) is 200 cm³/mol. The molecule has 0 aliphatic carbocycles. The van der Waals surface area contributed by atoms with Crippen molar-refractivity contribution in [2.75, 3.05) is 0 Å². The van der Waals surface area contributed by atoms with Crippen molar-refractivity contribution in [3.8, 4) is 17.2 Å². The normalized spacial score (nSPS) is 12.0. The Labute approximate surface area is 291 Å². The summed E-state index contributed by atoms with van der Waals surface area (Å²) in [5, 5.41) is 0. The lowest BCUT2D eigenvalue weighted by molar-refractivity contribution is 0.0732. The van der Waals surface area contributed by atoms with Gasteiger partial charge in [0.05, 0.1) is 0 Å². The molecule has 0 N–H and O–H groups in total. The molecule has 6 aromatic rings. The molecule has 0 aliphatic heterocycles. The van der Waals surface area contributed by atoms with Crippen LogP contribution in [0.25, 0.3) is 0 Å². The summed E-state index contributed by atoms with van der Waals surface area (Å²) in [4.78, 5) is 14.0. The number of hydrogen-bond acceptors (Lipinski definition) is 3. The molecule has 0 bridgehead atoms. The lowest BCUT2D eigenvalue weighted by atomic mass is 9.77. The molecule has 0 saturated carbocycles. The van der Waals surface area contributed by atoms with Crippen LogP contribution in [0.3, 0.4) is 0 Å². The van der Waals surface area contributed by atoms with Gasteiger partial charge in [0.2, 0.25) is 0 Å². The molecule has 0 heterocycles. The Balaban J connectivity index is 1.30. The first-order valence-electron chi connectivity index (χ1n) is 16.9.